The van der Waals surface area contributed by atoms with Crippen LogP contribution in [0.25, 0.3) is 22.6 Å². The number of nitrogens with zero attached hydrogens (tertiary/aromatic N) is 3. The van der Waals surface area contributed by atoms with Gasteiger partial charge in [0.05, 0.1) is 11.3 Å². The first-order valence-corrected chi connectivity index (χ1v) is 11.0. The number of aromatic hydroxyl groups is 1. The number of ether oxygens (including phenoxy) is 1. The van der Waals surface area contributed by atoms with Crippen LogP contribution in [0.4, 0.5) is 5.69 Å². The van der Waals surface area contributed by atoms with Crippen molar-refractivity contribution >= 4 is 22.8 Å². The Morgan fingerprint density at radius 1 is 1.09 bits per heavy atom. The first kappa shape index (κ1) is 21.8. The van der Waals surface area contributed by atoms with Crippen LogP contribution in [0.5, 0.6) is 11.5 Å². The Bertz CT molecular complexity index is 1350. The summed E-state index contributed by atoms with van der Waals surface area (Å²) in [6.07, 6.45) is 0.486. The van der Waals surface area contributed by atoms with Gasteiger partial charge in [-0.3, -0.25) is 0 Å². The third kappa shape index (κ3) is 4.15. The van der Waals surface area contributed by atoms with E-state index in [0.29, 0.717) is 29.3 Å². The van der Waals surface area contributed by atoms with Gasteiger partial charge in [-0.2, -0.15) is 0 Å². The van der Waals surface area contributed by atoms with Gasteiger partial charge in [0.25, 0.3) is 0 Å². The lowest BCUT2D eigenvalue weighted by molar-refractivity contribution is 0.0697. The number of aromatic carboxylic acids is 1. The zero-order valence-corrected chi connectivity index (χ0v) is 18.9. The van der Waals surface area contributed by atoms with Gasteiger partial charge in [-0.05, 0) is 87.7 Å². The number of phenols is 1. The molecule has 1 aliphatic rings. The number of hydrogen-bond acceptors (Lipinski definition) is 7. The highest BCUT2D eigenvalue weighted by Crippen LogP contribution is 2.44. The molecule has 1 unspecified atom stereocenters. The first-order valence-electron chi connectivity index (χ1n) is 11.0. The molecule has 2 heterocycles. The van der Waals surface area contributed by atoms with Crippen LogP contribution in [-0.4, -0.2) is 53.3 Å². The van der Waals surface area contributed by atoms with Crippen LogP contribution in [0, 0.1) is 0 Å². The van der Waals surface area contributed by atoms with Crippen LogP contribution in [0.1, 0.15) is 28.6 Å². The van der Waals surface area contributed by atoms with Crippen molar-refractivity contribution < 1.29 is 24.2 Å². The molecule has 0 spiro atoms. The number of phenolic OH excluding ortho intramolecular Hbond substituents is 1. The predicted molar refractivity (Wildman–Crippen MR) is 128 cm³/mol. The van der Waals surface area contributed by atoms with Gasteiger partial charge < -0.3 is 29.2 Å². The molecule has 34 heavy (non-hydrogen) atoms. The van der Waals surface area contributed by atoms with E-state index in [9.17, 15) is 15.0 Å². The summed E-state index contributed by atoms with van der Waals surface area (Å²) in [5, 5.41) is 19.0. The fourth-order valence-corrected chi connectivity index (χ4v) is 4.15. The summed E-state index contributed by atoms with van der Waals surface area (Å²) in [6.45, 7) is 1.60. The van der Waals surface area contributed by atoms with Gasteiger partial charge in [0.15, 0.2) is 11.8 Å². The zero-order valence-electron chi connectivity index (χ0n) is 18.9. The van der Waals surface area contributed by atoms with Crippen molar-refractivity contribution in [3.8, 4) is 23.0 Å². The number of oxazole rings is 1. The minimum Gasteiger partial charge on any atom is -0.508 e. The number of rotatable bonds is 7. The van der Waals surface area contributed by atoms with Gasteiger partial charge in [0.1, 0.15) is 17.0 Å². The molecular formula is C26H25N3O5. The molecule has 5 rings (SSSR count). The number of benzene rings is 3. The van der Waals surface area contributed by atoms with Gasteiger partial charge in [0, 0.05) is 17.7 Å². The number of aromatic nitrogens is 1. The van der Waals surface area contributed by atoms with E-state index < -0.39 is 12.2 Å². The third-order valence-electron chi connectivity index (χ3n) is 5.85. The lowest BCUT2D eigenvalue weighted by Crippen LogP contribution is -2.30. The highest BCUT2D eigenvalue weighted by molar-refractivity contribution is 5.90. The van der Waals surface area contributed by atoms with E-state index in [2.05, 4.69) is 14.8 Å². The molecule has 0 saturated carbocycles. The first-order chi connectivity index (χ1) is 16.4. The Kier molecular flexibility index (Phi) is 5.59. The number of carboxylic acid groups (broad SMARTS) is 1. The van der Waals surface area contributed by atoms with E-state index in [4.69, 9.17) is 9.15 Å². The number of anilines is 1. The summed E-state index contributed by atoms with van der Waals surface area (Å²) in [6, 6.07) is 17.4. The third-order valence-corrected chi connectivity index (χ3v) is 5.85. The largest absolute Gasteiger partial charge is 0.508 e. The lowest BCUT2D eigenvalue weighted by Gasteiger charge is -2.26. The standard InChI is InChI=1S/C26H25N3O5/c1-28(2)12-3-13-29-21-15-18(26(31)32)7-11-23(21)34-25(29)17-6-10-22-20(14-17)27-24(33-22)16-4-8-19(30)9-5-16/h4-11,14-15,25,30H,3,12-13H2,1-2H3,(H,31,32). The highest BCUT2D eigenvalue weighted by Gasteiger charge is 2.33. The number of hydrogen-bond donors (Lipinski definition) is 2. The minimum absolute atomic E-state index is 0.181. The van der Waals surface area contributed by atoms with Crippen molar-refractivity contribution in [3.63, 3.8) is 0 Å². The van der Waals surface area contributed by atoms with Crippen LogP contribution in [0.15, 0.2) is 65.1 Å². The highest BCUT2D eigenvalue weighted by atomic mass is 16.5. The Balaban J connectivity index is 1.49. The Morgan fingerprint density at radius 2 is 1.88 bits per heavy atom. The van der Waals surface area contributed by atoms with Crippen LogP contribution in [-0.2, 0) is 0 Å². The van der Waals surface area contributed by atoms with Crippen LogP contribution in [0.2, 0.25) is 0 Å². The molecule has 3 aromatic carbocycles. The molecule has 1 aromatic heterocycles. The summed E-state index contributed by atoms with van der Waals surface area (Å²) in [4.78, 5) is 20.4. The average molecular weight is 460 g/mol. The van der Waals surface area contributed by atoms with E-state index >= 15 is 0 Å². The van der Waals surface area contributed by atoms with E-state index in [1.165, 1.54) is 0 Å². The molecule has 0 bridgehead atoms. The fourth-order valence-electron chi connectivity index (χ4n) is 4.15. The van der Waals surface area contributed by atoms with Gasteiger partial charge in [0.2, 0.25) is 5.89 Å². The molecule has 0 fully saturated rings. The predicted octanol–water partition coefficient (Wildman–Crippen LogP) is 4.75. The summed E-state index contributed by atoms with van der Waals surface area (Å²) in [7, 11) is 4.05. The van der Waals surface area contributed by atoms with Crippen molar-refractivity contribution in [2.45, 2.75) is 12.6 Å². The maximum absolute atomic E-state index is 11.5. The van der Waals surface area contributed by atoms with E-state index in [0.717, 1.165) is 29.8 Å². The quantitative estimate of drug-likeness (QED) is 0.409. The van der Waals surface area contributed by atoms with Crippen molar-refractivity contribution in [2.24, 2.45) is 0 Å². The molecule has 1 aliphatic heterocycles. The fraction of sp³-hybridized carbons (Fsp3) is 0.231. The molecule has 8 nitrogen and oxygen atoms in total. The SMILES string of the molecule is CN(C)CCCN1c2cc(C(=O)O)ccc2OC1c1ccc2oc(-c3ccc(O)cc3)nc2c1. The molecular weight excluding hydrogens is 434 g/mol. The maximum atomic E-state index is 11.5. The monoisotopic (exact) mass is 459 g/mol. The molecule has 8 heteroatoms. The average Bonchev–Trinajstić information content (AvgIpc) is 3.40. The molecule has 4 aromatic rings. The van der Waals surface area contributed by atoms with Crippen molar-refractivity contribution in [1.82, 2.24) is 9.88 Å². The van der Waals surface area contributed by atoms with E-state index in [1.807, 2.05) is 32.3 Å². The second-order valence-corrected chi connectivity index (χ2v) is 8.60. The van der Waals surface area contributed by atoms with Gasteiger partial charge >= 0.3 is 5.97 Å². The number of carboxylic acids is 1. The minimum atomic E-state index is -0.967. The molecule has 174 valence electrons. The topological polar surface area (TPSA) is 99.3 Å². The van der Waals surface area contributed by atoms with Crippen LogP contribution >= 0.6 is 0 Å². The number of carbonyl (C=O) groups is 1. The summed E-state index contributed by atoms with van der Waals surface area (Å²) in [5.41, 5.74) is 4.01. The van der Waals surface area contributed by atoms with Crippen molar-refractivity contribution in [1.29, 1.82) is 0 Å². The Hall–Kier alpha value is -4.04. The Labute approximate surface area is 196 Å². The smallest absolute Gasteiger partial charge is 0.335 e. The summed E-state index contributed by atoms with van der Waals surface area (Å²) in [5.74, 6) is 0.340. The second kappa shape index (κ2) is 8.72. The van der Waals surface area contributed by atoms with E-state index in [-0.39, 0.29) is 11.3 Å². The summed E-state index contributed by atoms with van der Waals surface area (Å²) < 4.78 is 12.2. The molecule has 0 radical (unpaired) electrons. The molecule has 1 atom stereocenters. The van der Waals surface area contributed by atoms with Gasteiger partial charge in [-0.15, -0.1) is 0 Å². The molecule has 2 N–H and O–H groups in total. The van der Waals surface area contributed by atoms with Crippen molar-refractivity contribution in [3.05, 3.63) is 71.8 Å². The van der Waals surface area contributed by atoms with Crippen LogP contribution < -0.4 is 9.64 Å². The molecule has 0 amide bonds. The maximum Gasteiger partial charge on any atom is 0.335 e. The van der Waals surface area contributed by atoms with Gasteiger partial charge in [-0.1, -0.05) is 0 Å². The lowest BCUT2D eigenvalue weighted by atomic mass is 10.1. The number of fused-ring (bicyclic) bond motifs is 2. The molecule has 0 saturated heterocycles. The van der Waals surface area contributed by atoms with E-state index in [1.54, 1.807) is 42.5 Å². The van der Waals surface area contributed by atoms with Gasteiger partial charge in [-0.25, -0.2) is 9.78 Å². The summed E-state index contributed by atoms with van der Waals surface area (Å²) >= 11 is 0. The molecule has 0 aliphatic carbocycles. The Morgan fingerprint density at radius 3 is 2.62 bits per heavy atom. The van der Waals surface area contributed by atoms with Crippen molar-refractivity contribution in [2.75, 3.05) is 32.1 Å². The van der Waals surface area contributed by atoms with Crippen LogP contribution in [0.3, 0.4) is 0 Å². The second-order valence-electron chi connectivity index (χ2n) is 8.60. The normalized spacial score (nSPS) is 15.0. The zero-order chi connectivity index (χ0) is 23.8.